The van der Waals surface area contributed by atoms with Crippen LogP contribution >= 0.6 is 0 Å². The van der Waals surface area contributed by atoms with Crippen LogP contribution in [0.2, 0.25) is 0 Å². The van der Waals surface area contributed by atoms with Crippen molar-refractivity contribution in [1.29, 1.82) is 0 Å². The number of ether oxygens (including phenoxy) is 4. The Balaban J connectivity index is 1.90. The lowest BCUT2D eigenvalue weighted by Crippen LogP contribution is -2.23. The molecule has 0 bridgehead atoms. The van der Waals surface area contributed by atoms with Crippen molar-refractivity contribution in [3.8, 4) is 23.0 Å². The van der Waals surface area contributed by atoms with E-state index in [0.29, 0.717) is 36.0 Å². The van der Waals surface area contributed by atoms with E-state index in [0.717, 1.165) is 11.1 Å². The van der Waals surface area contributed by atoms with Gasteiger partial charge in [-0.2, -0.15) is 0 Å². The molecule has 0 unspecified atom stereocenters. The lowest BCUT2D eigenvalue weighted by molar-refractivity contribution is -0.116. The van der Waals surface area contributed by atoms with Gasteiger partial charge in [0, 0.05) is 24.3 Å². The van der Waals surface area contributed by atoms with Gasteiger partial charge in [-0.15, -0.1) is 0 Å². The Kier molecular flexibility index (Phi) is 7.55. The molecule has 0 saturated carbocycles. The van der Waals surface area contributed by atoms with E-state index in [1.54, 1.807) is 40.6 Å². The van der Waals surface area contributed by atoms with Crippen LogP contribution in [0.25, 0.3) is 6.08 Å². The van der Waals surface area contributed by atoms with E-state index in [1.807, 2.05) is 30.3 Å². The third kappa shape index (κ3) is 5.67. The van der Waals surface area contributed by atoms with Crippen LogP contribution in [0.4, 0.5) is 0 Å². The lowest BCUT2D eigenvalue weighted by Gasteiger charge is -2.10. The van der Waals surface area contributed by atoms with Crippen molar-refractivity contribution in [2.45, 2.75) is 6.42 Å². The van der Waals surface area contributed by atoms with Gasteiger partial charge in [0.15, 0.2) is 11.5 Å². The second kappa shape index (κ2) is 10.1. The number of carbonyl (C=O) groups excluding carboxylic acids is 1. The average Bonchev–Trinajstić information content (AvgIpc) is 2.71. The summed E-state index contributed by atoms with van der Waals surface area (Å²) in [6.45, 7) is 0.512. The van der Waals surface area contributed by atoms with Crippen LogP contribution in [0.5, 0.6) is 23.0 Å². The molecule has 2 aromatic carbocycles. The number of benzene rings is 2. The van der Waals surface area contributed by atoms with E-state index in [1.165, 1.54) is 6.08 Å². The molecule has 0 saturated heterocycles. The van der Waals surface area contributed by atoms with E-state index in [2.05, 4.69) is 5.32 Å². The van der Waals surface area contributed by atoms with Crippen LogP contribution in [0.1, 0.15) is 11.1 Å². The largest absolute Gasteiger partial charge is 0.497 e. The summed E-state index contributed by atoms with van der Waals surface area (Å²) in [5.74, 6) is 2.52. The minimum absolute atomic E-state index is 0.173. The third-order valence-electron chi connectivity index (χ3n) is 4.02. The minimum atomic E-state index is -0.173. The summed E-state index contributed by atoms with van der Waals surface area (Å²) in [6.07, 6.45) is 3.88. The first-order chi connectivity index (χ1) is 13.1. The summed E-state index contributed by atoms with van der Waals surface area (Å²) < 4.78 is 21.0. The highest BCUT2D eigenvalue weighted by atomic mass is 16.5. The molecule has 0 aliphatic heterocycles. The van der Waals surface area contributed by atoms with E-state index < -0.39 is 0 Å². The van der Waals surface area contributed by atoms with Crippen molar-refractivity contribution >= 4 is 12.0 Å². The lowest BCUT2D eigenvalue weighted by atomic mass is 10.1. The maximum Gasteiger partial charge on any atom is 0.244 e. The van der Waals surface area contributed by atoms with Gasteiger partial charge in [0.1, 0.15) is 11.5 Å². The zero-order chi connectivity index (χ0) is 19.6. The Morgan fingerprint density at radius 2 is 1.63 bits per heavy atom. The van der Waals surface area contributed by atoms with Gasteiger partial charge in [-0.05, 0) is 42.3 Å². The molecule has 0 radical (unpaired) electrons. The minimum Gasteiger partial charge on any atom is -0.497 e. The first kappa shape index (κ1) is 20.2. The number of amides is 1. The maximum absolute atomic E-state index is 12.0. The van der Waals surface area contributed by atoms with Crippen LogP contribution in [-0.2, 0) is 11.2 Å². The van der Waals surface area contributed by atoms with Crippen molar-refractivity contribution in [3.05, 3.63) is 53.6 Å². The number of methoxy groups -OCH3 is 4. The van der Waals surface area contributed by atoms with E-state index in [9.17, 15) is 4.79 Å². The molecule has 0 aromatic heterocycles. The molecule has 2 aromatic rings. The fraction of sp³-hybridized carbons (Fsp3) is 0.286. The smallest absolute Gasteiger partial charge is 0.244 e. The Hall–Kier alpha value is -3.15. The number of hydrogen-bond acceptors (Lipinski definition) is 5. The first-order valence-electron chi connectivity index (χ1n) is 8.50. The summed E-state index contributed by atoms with van der Waals surface area (Å²) in [6, 6.07) is 11.1. The van der Waals surface area contributed by atoms with Crippen molar-refractivity contribution in [2.24, 2.45) is 0 Å². The van der Waals surface area contributed by atoms with Crippen LogP contribution in [-0.4, -0.2) is 40.9 Å². The van der Waals surface area contributed by atoms with Gasteiger partial charge in [0.2, 0.25) is 5.91 Å². The predicted octanol–water partition coefficient (Wildman–Crippen LogP) is 3.09. The second-order valence-corrected chi connectivity index (χ2v) is 5.67. The van der Waals surface area contributed by atoms with Gasteiger partial charge in [-0.25, -0.2) is 0 Å². The number of hydrogen-bond donors (Lipinski definition) is 1. The Morgan fingerprint density at radius 3 is 2.30 bits per heavy atom. The number of nitrogens with one attached hydrogen (secondary N) is 1. The second-order valence-electron chi connectivity index (χ2n) is 5.67. The molecule has 0 atom stereocenters. The normalized spacial score (nSPS) is 10.5. The zero-order valence-corrected chi connectivity index (χ0v) is 16.1. The SMILES string of the molecule is COc1ccc(C=CC(=O)NCCc2ccc(OC)c(OC)c2)c(OC)c1. The molecule has 0 fully saturated rings. The van der Waals surface area contributed by atoms with Crippen LogP contribution in [0.3, 0.4) is 0 Å². The first-order valence-corrected chi connectivity index (χ1v) is 8.50. The zero-order valence-electron chi connectivity index (χ0n) is 16.1. The molecular formula is C21H25NO5. The topological polar surface area (TPSA) is 66.0 Å². The highest BCUT2D eigenvalue weighted by molar-refractivity contribution is 5.92. The van der Waals surface area contributed by atoms with Gasteiger partial charge in [-0.1, -0.05) is 6.07 Å². The average molecular weight is 371 g/mol. The van der Waals surface area contributed by atoms with E-state index in [-0.39, 0.29) is 5.91 Å². The van der Waals surface area contributed by atoms with Crippen molar-refractivity contribution < 1.29 is 23.7 Å². The van der Waals surface area contributed by atoms with Gasteiger partial charge >= 0.3 is 0 Å². The standard InChI is InChI=1S/C21H25NO5/c1-24-17-8-6-16(19(14-17)26-3)7-10-21(23)22-12-11-15-5-9-18(25-2)20(13-15)27-4/h5-10,13-14H,11-12H2,1-4H3,(H,22,23). The van der Waals surface area contributed by atoms with Crippen LogP contribution in [0.15, 0.2) is 42.5 Å². The van der Waals surface area contributed by atoms with Crippen molar-refractivity contribution in [3.63, 3.8) is 0 Å². The monoisotopic (exact) mass is 371 g/mol. The Morgan fingerprint density at radius 1 is 0.889 bits per heavy atom. The fourth-order valence-electron chi connectivity index (χ4n) is 2.55. The Bertz CT molecular complexity index is 801. The molecule has 6 heteroatoms. The summed E-state index contributed by atoms with van der Waals surface area (Å²) in [4.78, 5) is 12.0. The molecule has 0 aliphatic rings. The van der Waals surface area contributed by atoms with Gasteiger partial charge in [-0.3, -0.25) is 4.79 Å². The van der Waals surface area contributed by atoms with Crippen molar-refractivity contribution in [2.75, 3.05) is 35.0 Å². The highest BCUT2D eigenvalue weighted by Gasteiger charge is 2.05. The fourth-order valence-corrected chi connectivity index (χ4v) is 2.55. The third-order valence-corrected chi connectivity index (χ3v) is 4.02. The van der Waals surface area contributed by atoms with E-state index in [4.69, 9.17) is 18.9 Å². The van der Waals surface area contributed by atoms with E-state index >= 15 is 0 Å². The molecule has 2 rings (SSSR count). The summed E-state index contributed by atoms with van der Waals surface area (Å²) in [7, 11) is 6.37. The van der Waals surface area contributed by atoms with Gasteiger partial charge in [0.05, 0.1) is 28.4 Å². The molecule has 0 spiro atoms. The van der Waals surface area contributed by atoms with Crippen LogP contribution in [0, 0.1) is 0 Å². The van der Waals surface area contributed by atoms with Crippen molar-refractivity contribution in [1.82, 2.24) is 5.32 Å². The quantitative estimate of drug-likeness (QED) is 0.686. The highest BCUT2D eigenvalue weighted by Crippen LogP contribution is 2.27. The Labute approximate surface area is 159 Å². The van der Waals surface area contributed by atoms with Crippen LogP contribution < -0.4 is 24.3 Å². The summed E-state index contributed by atoms with van der Waals surface area (Å²) in [5, 5.41) is 2.86. The summed E-state index contributed by atoms with van der Waals surface area (Å²) in [5.41, 5.74) is 1.85. The molecule has 0 heterocycles. The molecule has 1 amide bonds. The summed E-state index contributed by atoms with van der Waals surface area (Å²) >= 11 is 0. The maximum atomic E-state index is 12.0. The van der Waals surface area contributed by atoms with Gasteiger partial charge < -0.3 is 24.3 Å². The number of rotatable bonds is 9. The number of carbonyl (C=O) groups is 1. The molecular weight excluding hydrogens is 346 g/mol. The molecule has 1 N–H and O–H groups in total. The molecule has 27 heavy (non-hydrogen) atoms. The molecule has 144 valence electrons. The predicted molar refractivity (Wildman–Crippen MR) is 105 cm³/mol. The van der Waals surface area contributed by atoms with Gasteiger partial charge in [0.25, 0.3) is 0 Å². The molecule has 0 aliphatic carbocycles. The molecule has 6 nitrogen and oxygen atoms in total.